The molecule has 2 aromatic heterocycles. The molecule has 0 aliphatic rings. The molecule has 0 bridgehead atoms. The predicted molar refractivity (Wildman–Crippen MR) is 58.1 cm³/mol. The Morgan fingerprint density at radius 2 is 2.40 bits per heavy atom. The summed E-state index contributed by atoms with van der Waals surface area (Å²) in [7, 11) is 1.91. The van der Waals surface area contributed by atoms with Gasteiger partial charge in [-0.1, -0.05) is 11.6 Å². The Labute approximate surface area is 95.6 Å². The van der Waals surface area contributed by atoms with Gasteiger partial charge in [-0.05, 0) is 0 Å². The maximum Gasteiger partial charge on any atom is 0.186 e. The summed E-state index contributed by atoms with van der Waals surface area (Å²) in [6, 6.07) is 0. The Balaban J connectivity index is 1.86. The first-order valence-electron chi connectivity index (χ1n) is 4.32. The molecule has 0 aliphatic heterocycles. The Kier molecular flexibility index (Phi) is 3.12. The van der Waals surface area contributed by atoms with Crippen LogP contribution in [0.4, 0.5) is 5.82 Å². The van der Waals surface area contributed by atoms with Crippen molar-refractivity contribution in [2.75, 3.05) is 11.9 Å². The van der Waals surface area contributed by atoms with E-state index in [9.17, 15) is 0 Å². The van der Waals surface area contributed by atoms with Crippen LogP contribution < -0.4 is 5.32 Å². The van der Waals surface area contributed by atoms with Gasteiger partial charge in [-0.2, -0.15) is 8.75 Å². The maximum absolute atomic E-state index is 5.77. The minimum absolute atomic E-state index is 0.415. The summed E-state index contributed by atoms with van der Waals surface area (Å²) in [4.78, 5) is 0. The minimum atomic E-state index is 0.415. The molecule has 0 saturated heterocycles. The topological polar surface area (TPSA) is 68.5 Å². The predicted octanol–water partition coefficient (Wildman–Crippen LogP) is 0.975. The zero-order chi connectivity index (χ0) is 10.7. The number of anilines is 1. The number of aryl methyl sites for hydroxylation is 1. The second-order valence-electron chi connectivity index (χ2n) is 2.94. The SMILES string of the molecule is Cn1cnnc1CCNc1nsnc1Cl. The van der Waals surface area contributed by atoms with Crippen LogP contribution in [0.25, 0.3) is 0 Å². The fourth-order valence-electron chi connectivity index (χ4n) is 1.11. The lowest BCUT2D eigenvalue weighted by molar-refractivity contribution is 0.788. The third-order valence-corrected chi connectivity index (χ3v) is 2.79. The normalized spacial score (nSPS) is 10.5. The Bertz CT molecular complexity index is 398. The molecule has 0 fully saturated rings. The fraction of sp³-hybridized carbons (Fsp3) is 0.429. The summed E-state index contributed by atoms with van der Waals surface area (Å²) in [5, 5.41) is 11.2. The van der Waals surface area contributed by atoms with E-state index in [1.54, 1.807) is 6.33 Å². The average molecular weight is 245 g/mol. The molecule has 0 aromatic carbocycles. The van der Waals surface area contributed by atoms with Crippen molar-refractivity contribution in [3.05, 3.63) is 17.3 Å². The molecule has 0 atom stereocenters. The highest BCUT2D eigenvalue weighted by Crippen LogP contribution is 2.17. The van der Waals surface area contributed by atoms with Gasteiger partial charge in [0.1, 0.15) is 12.2 Å². The molecule has 0 aliphatic carbocycles. The zero-order valence-corrected chi connectivity index (χ0v) is 9.59. The molecule has 0 spiro atoms. The largest absolute Gasteiger partial charge is 0.366 e. The molecule has 2 heterocycles. The second-order valence-corrected chi connectivity index (χ2v) is 3.82. The molecule has 2 rings (SSSR count). The summed E-state index contributed by atoms with van der Waals surface area (Å²) in [5.74, 6) is 1.55. The van der Waals surface area contributed by atoms with Crippen molar-refractivity contribution in [1.82, 2.24) is 23.5 Å². The third-order valence-electron chi connectivity index (χ3n) is 1.89. The van der Waals surface area contributed by atoms with Gasteiger partial charge in [0, 0.05) is 20.0 Å². The number of rotatable bonds is 4. The van der Waals surface area contributed by atoms with E-state index in [1.807, 2.05) is 11.6 Å². The molecule has 6 nitrogen and oxygen atoms in total. The number of nitrogens with zero attached hydrogens (tertiary/aromatic N) is 5. The molecule has 80 valence electrons. The summed E-state index contributed by atoms with van der Waals surface area (Å²) in [5.41, 5.74) is 0. The van der Waals surface area contributed by atoms with Gasteiger partial charge in [0.2, 0.25) is 0 Å². The smallest absolute Gasteiger partial charge is 0.186 e. The van der Waals surface area contributed by atoms with E-state index in [-0.39, 0.29) is 0 Å². The van der Waals surface area contributed by atoms with E-state index in [4.69, 9.17) is 11.6 Å². The number of aromatic nitrogens is 5. The van der Waals surface area contributed by atoms with E-state index >= 15 is 0 Å². The lowest BCUT2D eigenvalue weighted by Crippen LogP contribution is -2.08. The zero-order valence-electron chi connectivity index (χ0n) is 8.01. The molecule has 0 saturated carbocycles. The fourth-order valence-corrected chi connectivity index (χ4v) is 1.79. The van der Waals surface area contributed by atoms with Gasteiger partial charge in [-0.3, -0.25) is 0 Å². The summed E-state index contributed by atoms with van der Waals surface area (Å²) >= 11 is 6.86. The second kappa shape index (κ2) is 4.54. The number of hydrogen-bond donors (Lipinski definition) is 1. The van der Waals surface area contributed by atoms with Crippen molar-refractivity contribution < 1.29 is 0 Å². The Morgan fingerprint density at radius 1 is 1.53 bits per heavy atom. The van der Waals surface area contributed by atoms with Gasteiger partial charge in [-0.15, -0.1) is 10.2 Å². The van der Waals surface area contributed by atoms with Crippen LogP contribution in [0.3, 0.4) is 0 Å². The van der Waals surface area contributed by atoms with E-state index in [1.165, 1.54) is 0 Å². The van der Waals surface area contributed by atoms with E-state index in [0.717, 1.165) is 24.0 Å². The highest BCUT2D eigenvalue weighted by Gasteiger charge is 2.05. The van der Waals surface area contributed by atoms with Crippen LogP contribution in [0.15, 0.2) is 6.33 Å². The van der Waals surface area contributed by atoms with Crippen LogP contribution in [0.1, 0.15) is 5.82 Å². The van der Waals surface area contributed by atoms with Crippen LogP contribution in [0.5, 0.6) is 0 Å². The lowest BCUT2D eigenvalue weighted by Gasteiger charge is -2.02. The van der Waals surface area contributed by atoms with Crippen LogP contribution >= 0.6 is 23.3 Å². The molecule has 0 radical (unpaired) electrons. The van der Waals surface area contributed by atoms with Crippen molar-refractivity contribution in [3.8, 4) is 0 Å². The molecule has 15 heavy (non-hydrogen) atoms. The van der Waals surface area contributed by atoms with Gasteiger partial charge < -0.3 is 9.88 Å². The van der Waals surface area contributed by atoms with Gasteiger partial charge in [0.05, 0.1) is 11.7 Å². The lowest BCUT2D eigenvalue weighted by atomic mass is 10.4. The number of halogens is 1. The quantitative estimate of drug-likeness (QED) is 0.868. The average Bonchev–Trinajstić information content (AvgIpc) is 2.78. The van der Waals surface area contributed by atoms with Gasteiger partial charge in [0.15, 0.2) is 11.0 Å². The Morgan fingerprint density at radius 3 is 3.00 bits per heavy atom. The van der Waals surface area contributed by atoms with Crippen molar-refractivity contribution in [2.24, 2.45) is 7.05 Å². The highest BCUT2D eigenvalue weighted by atomic mass is 35.5. The first kappa shape index (κ1) is 10.3. The molecule has 8 heteroatoms. The van der Waals surface area contributed by atoms with E-state index < -0.39 is 0 Å². The third kappa shape index (κ3) is 2.42. The van der Waals surface area contributed by atoms with Crippen LogP contribution in [-0.4, -0.2) is 30.1 Å². The Hall–Kier alpha value is -1.21. The van der Waals surface area contributed by atoms with Crippen LogP contribution in [-0.2, 0) is 13.5 Å². The van der Waals surface area contributed by atoms with Crippen molar-refractivity contribution >= 4 is 29.1 Å². The minimum Gasteiger partial charge on any atom is -0.366 e. The highest BCUT2D eigenvalue weighted by molar-refractivity contribution is 6.99. The van der Waals surface area contributed by atoms with E-state index in [0.29, 0.717) is 17.5 Å². The molecule has 0 unspecified atom stereocenters. The maximum atomic E-state index is 5.77. The summed E-state index contributed by atoms with van der Waals surface area (Å²) in [6.07, 6.45) is 2.44. The molecular weight excluding hydrogens is 236 g/mol. The van der Waals surface area contributed by atoms with Crippen LogP contribution in [0, 0.1) is 0 Å². The first-order chi connectivity index (χ1) is 7.27. The molecule has 2 aromatic rings. The van der Waals surface area contributed by atoms with Crippen molar-refractivity contribution in [2.45, 2.75) is 6.42 Å². The van der Waals surface area contributed by atoms with Crippen molar-refractivity contribution in [3.63, 3.8) is 0 Å². The molecule has 1 N–H and O–H groups in total. The van der Waals surface area contributed by atoms with E-state index in [2.05, 4.69) is 24.3 Å². The standard InChI is InChI=1S/C7H9ClN6S/c1-14-4-10-11-5(14)2-3-9-7-6(8)12-15-13-7/h4H,2-3H2,1H3,(H,9,13). The molecule has 0 amide bonds. The monoisotopic (exact) mass is 244 g/mol. The van der Waals surface area contributed by atoms with Crippen molar-refractivity contribution in [1.29, 1.82) is 0 Å². The van der Waals surface area contributed by atoms with Crippen LogP contribution in [0.2, 0.25) is 5.15 Å². The van der Waals surface area contributed by atoms with Gasteiger partial charge in [0.25, 0.3) is 0 Å². The molecular formula is C7H9ClN6S. The summed E-state index contributed by atoms with van der Waals surface area (Å²) in [6.45, 7) is 0.706. The van der Waals surface area contributed by atoms with Gasteiger partial charge in [-0.25, -0.2) is 0 Å². The number of hydrogen-bond acceptors (Lipinski definition) is 6. The number of nitrogens with one attached hydrogen (secondary N) is 1. The summed E-state index contributed by atoms with van der Waals surface area (Å²) < 4.78 is 9.73. The first-order valence-corrected chi connectivity index (χ1v) is 5.43. The van der Waals surface area contributed by atoms with Gasteiger partial charge >= 0.3 is 0 Å².